The van der Waals surface area contributed by atoms with Gasteiger partial charge in [-0.05, 0) is 31.0 Å². The maximum Gasteiger partial charge on any atom is 0.237 e. The van der Waals surface area contributed by atoms with Crippen molar-refractivity contribution in [2.24, 2.45) is 5.73 Å². The number of hydrogen-bond acceptors (Lipinski definition) is 3. The Morgan fingerprint density at radius 3 is 2.56 bits per heavy atom. The van der Waals surface area contributed by atoms with Crippen LogP contribution in [0.15, 0.2) is 24.3 Å². The Morgan fingerprint density at radius 1 is 1.44 bits per heavy atom. The molecule has 1 aromatic rings. The number of amides is 1. The highest BCUT2D eigenvalue weighted by molar-refractivity contribution is 5.81. The molecule has 96 valence electrons. The van der Waals surface area contributed by atoms with Crippen LogP contribution in [0.1, 0.15) is 43.9 Å². The second-order valence-corrected chi connectivity index (χ2v) is 4.36. The van der Waals surface area contributed by atoms with Gasteiger partial charge in [0.1, 0.15) is 0 Å². The van der Waals surface area contributed by atoms with E-state index in [2.05, 4.69) is 11.4 Å². The highest BCUT2D eigenvalue weighted by Gasteiger charge is 2.15. The van der Waals surface area contributed by atoms with E-state index in [4.69, 9.17) is 11.0 Å². The van der Waals surface area contributed by atoms with Crippen molar-refractivity contribution in [3.63, 3.8) is 0 Å². The Labute approximate surface area is 108 Å². The van der Waals surface area contributed by atoms with Crippen molar-refractivity contribution in [3.8, 4) is 6.07 Å². The SMILES string of the molecule is CCC[C@H](N)C(=O)NC(C)c1ccc(C#N)cc1. The largest absolute Gasteiger partial charge is 0.348 e. The van der Waals surface area contributed by atoms with Crippen LogP contribution in [0.3, 0.4) is 0 Å². The van der Waals surface area contributed by atoms with Gasteiger partial charge in [-0.2, -0.15) is 5.26 Å². The summed E-state index contributed by atoms with van der Waals surface area (Å²) in [5.41, 5.74) is 7.32. The molecule has 18 heavy (non-hydrogen) atoms. The summed E-state index contributed by atoms with van der Waals surface area (Å²) in [6, 6.07) is 8.67. The van der Waals surface area contributed by atoms with Gasteiger partial charge in [0, 0.05) is 0 Å². The molecule has 1 aromatic carbocycles. The summed E-state index contributed by atoms with van der Waals surface area (Å²) in [5, 5.41) is 11.6. The van der Waals surface area contributed by atoms with E-state index in [1.807, 2.05) is 26.0 Å². The van der Waals surface area contributed by atoms with E-state index >= 15 is 0 Å². The first-order chi connectivity index (χ1) is 8.58. The Kier molecular flexibility index (Phi) is 5.34. The lowest BCUT2D eigenvalue weighted by atomic mass is 10.1. The smallest absolute Gasteiger partial charge is 0.237 e. The predicted octanol–water partition coefficient (Wildman–Crippen LogP) is 1.86. The van der Waals surface area contributed by atoms with Crippen LogP contribution in [-0.2, 0) is 4.79 Å². The molecular weight excluding hydrogens is 226 g/mol. The number of benzene rings is 1. The molecule has 0 aliphatic rings. The Hall–Kier alpha value is -1.86. The number of carbonyl (C=O) groups is 1. The minimum atomic E-state index is -0.448. The molecule has 0 saturated carbocycles. The van der Waals surface area contributed by atoms with E-state index in [1.54, 1.807) is 12.1 Å². The van der Waals surface area contributed by atoms with Crippen molar-refractivity contribution in [3.05, 3.63) is 35.4 Å². The molecule has 0 aromatic heterocycles. The average molecular weight is 245 g/mol. The maximum absolute atomic E-state index is 11.8. The van der Waals surface area contributed by atoms with Crippen molar-refractivity contribution in [2.75, 3.05) is 0 Å². The summed E-state index contributed by atoms with van der Waals surface area (Å²) >= 11 is 0. The summed E-state index contributed by atoms with van der Waals surface area (Å²) in [6.45, 7) is 3.90. The third kappa shape index (κ3) is 3.86. The number of nitrogens with zero attached hydrogens (tertiary/aromatic N) is 1. The van der Waals surface area contributed by atoms with Gasteiger partial charge in [-0.15, -0.1) is 0 Å². The van der Waals surface area contributed by atoms with Crippen LogP contribution < -0.4 is 11.1 Å². The van der Waals surface area contributed by atoms with Crippen LogP contribution in [0.25, 0.3) is 0 Å². The van der Waals surface area contributed by atoms with Gasteiger partial charge >= 0.3 is 0 Å². The molecular formula is C14H19N3O. The number of hydrogen-bond donors (Lipinski definition) is 2. The molecule has 0 heterocycles. The van der Waals surface area contributed by atoms with Gasteiger partial charge in [0.25, 0.3) is 0 Å². The molecule has 0 fully saturated rings. The molecule has 4 nitrogen and oxygen atoms in total. The summed E-state index contributed by atoms with van der Waals surface area (Å²) in [7, 11) is 0. The van der Waals surface area contributed by atoms with Crippen molar-refractivity contribution in [2.45, 2.75) is 38.8 Å². The molecule has 1 amide bonds. The minimum Gasteiger partial charge on any atom is -0.348 e. The van der Waals surface area contributed by atoms with Crippen LogP contribution in [0.2, 0.25) is 0 Å². The Balaban J connectivity index is 2.62. The zero-order valence-electron chi connectivity index (χ0n) is 10.8. The maximum atomic E-state index is 11.8. The van der Waals surface area contributed by atoms with Crippen LogP contribution >= 0.6 is 0 Å². The fourth-order valence-corrected chi connectivity index (χ4v) is 1.69. The zero-order valence-corrected chi connectivity index (χ0v) is 10.8. The van der Waals surface area contributed by atoms with Crippen molar-refractivity contribution in [1.82, 2.24) is 5.32 Å². The van der Waals surface area contributed by atoms with E-state index in [1.165, 1.54) is 0 Å². The van der Waals surface area contributed by atoms with E-state index < -0.39 is 6.04 Å². The zero-order chi connectivity index (χ0) is 13.5. The molecule has 0 spiro atoms. The van der Waals surface area contributed by atoms with Crippen molar-refractivity contribution < 1.29 is 4.79 Å². The summed E-state index contributed by atoms with van der Waals surface area (Å²) in [4.78, 5) is 11.8. The van der Waals surface area contributed by atoms with E-state index in [0.29, 0.717) is 12.0 Å². The topological polar surface area (TPSA) is 78.9 Å². The summed E-state index contributed by atoms with van der Waals surface area (Å²) in [5.74, 6) is -0.131. The second-order valence-electron chi connectivity index (χ2n) is 4.36. The third-order valence-electron chi connectivity index (χ3n) is 2.83. The van der Waals surface area contributed by atoms with Gasteiger partial charge in [-0.3, -0.25) is 4.79 Å². The van der Waals surface area contributed by atoms with Crippen LogP contribution in [0.4, 0.5) is 0 Å². The standard InChI is InChI=1S/C14H19N3O/c1-3-4-13(16)14(18)17-10(2)12-7-5-11(9-15)6-8-12/h5-8,10,13H,3-4,16H2,1-2H3,(H,17,18)/t10?,13-/m0/s1. The number of nitrogens with one attached hydrogen (secondary N) is 1. The number of nitriles is 1. The molecule has 0 radical (unpaired) electrons. The lowest BCUT2D eigenvalue weighted by Crippen LogP contribution is -2.41. The van der Waals surface area contributed by atoms with Crippen molar-refractivity contribution >= 4 is 5.91 Å². The van der Waals surface area contributed by atoms with Gasteiger partial charge in [0.05, 0.1) is 23.7 Å². The molecule has 1 rings (SSSR count). The normalized spacial score (nSPS) is 13.4. The fourth-order valence-electron chi connectivity index (χ4n) is 1.69. The van der Waals surface area contributed by atoms with Crippen LogP contribution in [0, 0.1) is 11.3 Å². The first kappa shape index (κ1) is 14.2. The van der Waals surface area contributed by atoms with Crippen LogP contribution in [0.5, 0.6) is 0 Å². The number of rotatable bonds is 5. The molecule has 1 unspecified atom stereocenters. The molecule has 2 atom stereocenters. The molecule has 4 heteroatoms. The van der Waals surface area contributed by atoms with Gasteiger partial charge in [-0.25, -0.2) is 0 Å². The molecule has 0 saturated heterocycles. The Morgan fingerprint density at radius 2 is 2.06 bits per heavy atom. The van der Waals surface area contributed by atoms with Gasteiger partial charge in [-0.1, -0.05) is 25.5 Å². The average Bonchev–Trinajstić information content (AvgIpc) is 2.39. The third-order valence-corrected chi connectivity index (χ3v) is 2.83. The second kappa shape index (κ2) is 6.77. The molecule has 0 bridgehead atoms. The van der Waals surface area contributed by atoms with E-state index in [0.717, 1.165) is 12.0 Å². The highest BCUT2D eigenvalue weighted by atomic mass is 16.2. The van der Waals surface area contributed by atoms with E-state index in [-0.39, 0.29) is 11.9 Å². The predicted molar refractivity (Wildman–Crippen MR) is 70.6 cm³/mol. The summed E-state index contributed by atoms with van der Waals surface area (Å²) in [6.07, 6.45) is 1.58. The van der Waals surface area contributed by atoms with Crippen LogP contribution in [-0.4, -0.2) is 11.9 Å². The fraction of sp³-hybridized carbons (Fsp3) is 0.429. The van der Waals surface area contributed by atoms with Crippen molar-refractivity contribution in [1.29, 1.82) is 5.26 Å². The molecule has 0 aliphatic carbocycles. The summed E-state index contributed by atoms with van der Waals surface area (Å²) < 4.78 is 0. The van der Waals surface area contributed by atoms with Gasteiger partial charge in [0.15, 0.2) is 0 Å². The first-order valence-electron chi connectivity index (χ1n) is 6.14. The van der Waals surface area contributed by atoms with E-state index in [9.17, 15) is 4.79 Å². The first-order valence-corrected chi connectivity index (χ1v) is 6.14. The minimum absolute atomic E-state index is 0.104. The molecule has 3 N–H and O–H groups in total. The quantitative estimate of drug-likeness (QED) is 0.831. The number of nitrogens with two attached hydrogens (primary N) is 1. The van der Waals surface area contributed by atoms with Gasteiger partial charge < -0.3 is 11.1 Å². The van der Waals surface area contributed by atoms with Gasteiger partial charge in [0.2, 0.25) is 5.91 Å². The monoisotopic (exact) mass is 245 g/mol. The lowest BCUT2D eigenvalue weighted by Gasteiger charge is -2.17. The molecule has 0 aliphatic heterocycles. The Bertz CT molecular complexity index is 433. The lowest BCUT2D eigenvalue weighted by molar-refractivity contribution is -0.123. The number of carbonyl (C=O) groups excluding carboxylic acids is 1. The highest BCUT2D eigenvalue weighted by Crippen LogP contribution is 2.13.